The summed E-state index contributed by atoms with van der Waals surface area (Å²) in [7, 11) is 0. The number of benzene rings is 1. The minimum absolute atomic E-state index is 0.113. The molecule has 1 atom stereocenters. The smallest absolute Gasteiger partial charge is 0.406 e. The van der Waals surface area contributed by atoms with Crippen molar-refractivity contribution in [2.24, 2.45) is 5.41 Å². The van der Waals surface area contributed by atoms with Crippen LogP contribution in [0.1, 0.15) is 27.1 Å². The zero-order chi connectivity index (χ0) is 19.3. The summed E-state index contributed by atoms with van der Waals surface area (Å²) in [6.45, 7) is -2.21. The summed E-state index contributed by atoms with van der Waals surface area (Å²) in [5.41, 5.74) is -2.81. The standard InChI is InChI=1S/C16H13F3N2O5/c17-16(18,19)15(14(25)26)5-6-20(8-15)11(22)7-21-12(23)9-3-1-2-4-10(9)13(21)24/h1-4H,5-8H2,(H,25,26). The Kier molecular flexibility index (Phi) is 4.01. The number of rotatable bonds is 3. The number of carbonyl (C=O) groups excluding carboxylic acids is 3. The summed E-state index contributed by atoms with van der Waals surface area (Å²) >= 11 is 0. The van der Waals surface area contributed by atoms with E-state index in [4.69, 9.17) is 5.11 Å². The third-order valence-corrected chi connectivity index (χ3v) is 4.75. The highest BCUT2D eigenvalue weighted by Crippen LogP contribution is 2.45. The molecular formula is C16H13F3N2O5. The molecule has 1 fully saturated rings. The lowest BCUT2D eigenvalue weighted by Crippen LogP contribution is -2.49. The number of carboxylic acids is 1. The van der Waals surface area contributed by atoms with Gasteiger partial charge in [0.05, 0.1) is 11.1 Å². The Labute approximate surface area is 145 Å². The molecule has 3 rings (SSSR count). The number of hydrogen-bond donors (Lipinski definition) is 1. The highest BCUT2D eigenvalue weighted by Gasteiger charge is 2.64. The van der Waals surface area contributed by atoms with Crippen LogP contribution < -0.4 is 0 Å². The Morgan fingerprint density at radius 3 is 2.08 bits per heavy atom. The van der Waals surface area contributed by atoms with Crippen LogP contribution in [0.3, 0.4) is 0 Å². The molecule has 0 aliphatic carbocycles. The van der Waals surface area contributed by atoms with Crippen LogP contribution >= 0.6 is 0 Å². The SMILES string of the molecule is O=C(CN1C(=O)c2ccccc2C1=O)N1CCC(C(=O)O)(C(F)(F)F)C1. The number of alkyl halides is 3. The molecule has 0 aromatic heterocycles. The summed E-state index contributed by atoms with van der Waals surface area (Å²) in [6.07, 6.45) is -5.80. The van der Waals surface area contributed by atoms with Crippen molar-refractivity contribution in [3.63, 3.8) is 0 Å². The van der Waals surface area contributed by atoms with Gasteiger partial charge in [0.1, 0.15) is 6.54 Å². The van der Waals surface area contributed by atoms with Gasteiger partial charge in [-0.1, -0.05) is 12.1 Å². The van der Waals surface area contributed by atoms with E-state index in [1.807, 2.05) is 0 Å². The van der Waals surface area contributed by atoms with Crippen molar-refractivity contribution in [2.45, 2.75) is 12.6 Å². The zero-order valence-electron chi connectivity index (χ0n) is 13.2. The van der Waals surface area contributed by atoms with Crippen LogP contribution in [-0.2, 0) is 9.59 Å². The van der Waals surface area contributed by atoms with Crippen molar-refractivity contribution in [2.75, 3.05) is 19.6 Å². The largest absolute Gasteiger partial charge is 0.481 e. The quantitative estimate of drug-likeness (QED) is 0.806. The van der Waals surface area contributed by atoms with Crippen LogP contribution in [-0.4, -0.2) is 64.4 Å². The fraction of sp³-hybridized carbons (Fsp3) is 0.375. The number of carbonyl (C=O) groups is 4. The van der Waals surface area contributed by atoms with Crippen molar-refractivity contribution in [1.82, 2.24) is 9.80 Å². The Morgan fingerprint density at radius 1 is 1.12 bits per heavy atom. The molecule has 2 aliphatic rings. The molecule has 1 saturated heterocycles. The van der Waals surface area contributed by atoms with E-state index < -0.39 is 61.3 Å². The maximum Gasteiger partial charge on any atom is 0.406 e. The van der Waals surface area contributed by atoms with Crippen LogP contribution in [0.15, 0.2) is 24.3 Å². The van der Waals surface area contributed by atoms with Gasteiger partial charge in [-0.05, 0) is 18.6 Å². The molecule has 1 aromatic rings. The first-order valence-electron chi connectivity index (χ1n) is 7.61. The van der Waals surface area contributed by atoms with Crippen molar-refractivity contribution >= 4 is 23.7 Å². The molecular weight excluding hydrogens is 357 g/mol. The number of imide groups is 1. The molecule has 3 amide bonds. The predicted octanol–water partition coefficient (Wildman–Crippen LogP) is 1.15. The minimum atomic E-state index is -5.02. The zero-order valence-corrected chi connectivity index (χ0v) is 13.2. The molecule has 1 aromatic carbocycles. The van der Waals surface area contributed by atoms with Crippen molar-refractivity contribution in [1.29, 1.82) is 0 Å². The monoisotopic (exact) mass is 370 g/mol. The van der Waals surface area contributed by atoms with Crippen LogP contribution in [0.25, 0.3) is 0 Å². The molecule has 1 unspecified atom stereocenters. The highest BCUT2D eigenvalue weighted by molar-refractivity contribution is 6.22. The molecule has 0 radical (unpaired) electrons. The molecule has 0 spiro atoms. The number of aliphatic carboxylic acids is 1. The summed E-state index contributed by atoms with van der Waals surface area (Å²) in [4.78, 5) is 49.3. The fourth-order valence-electron chi connectivity index (χ4n) is 3.17. The molecule has 138 valence electrons. The average molecular weight is 370 g/mol. The highest BCUT2D eigenvalue weighted by atomic mass is 19.4. The average Bonchev–Trinajstić information content (AvgIpc) is 3.13. The molecule has 0 bridgehead atoms. The summed E-state index contributed by atoms with van der Waals surface area (Å²) < 4.78 is 39.5. The van der Waals surface area contributed by atoms with E-state index in [0.717, 1.165) is 4.90 Å². The van der Waals surface area contributed by atoms with Crippen molar-refractivity contribution in [3.8, 4) is 0 Å². The fourth-order valence-corrected chi connectivity index (χ4v) is 3.17. The van der Waals surface area contributed by atoms with Crippen molar-refractivity contribution < 1.29 is 37.5 Å². The van der Waals surface area contributed by atoms with Gasteiger partial charge in [-0.2, -0.15) is 13.2 Å². The van der Waals surface area contributed by atoms with Gasteiger partial charge in [-0.3, -0.25) is 24.1 Å². The maximum atomic E-state index is 13.2. The minimum Gasteiger partial charge on any atom is -0.481 e. The lowest BCUT2D eigenvalue weighted by molar-refractivity contribution is -0.227. The Balaban J connectivity index is 1.76. The molecule has 2 aliphatic heterocycles. The van der Waals surface area contributed by atoms with Gasteiger partial charge >= 0.3 is 12.1 Å². The van der Waals surface area contributed by atoms with E-state index in [2.05, 4.69) is 0 Å². The lowest BCUT2D eigenvalue weighted by Gasteiger charge is -2.27. The number of carboxylic acid groups (broad SMARTS) is 1. The van der Waals surface area contributed by atoms with E-state index in [0.29, 0.717) is 4.90 Å². The number of likely N-dealkylation sites (tertiary alicyclic amines) is 1. The molecule has 26 heavy (non-hydrogen) atoms. The van der Waals surface area contributed by atoms with E-state index >= 15 is 0 Å². The predicted molar refractivity (Wildman–Crippen MR) is 79.1 cm³/mol. The summed E-state index contributed by atoms with van der Waals surface area (Å²) in [5.74, 6) is -4.38. The first-order valence-corrected chi connectivity index (χ1v) is 7.61. The van der Waals surface area contributed by atoms with E-state index in [1.54, 1.807) is 12.1 Å². The third kappa shape index (κ3) is 2.52. The van der Waals surface area contributed by atoms with E-state index in [1.165, 1.54) is 12.1 Å². The van der Waals surface area contributed by atoms with Gasteiger partial charge in [0.15, 0.2) is 5.41 Å². The number of fused-ring (bicyclic) bond motifs is 1. The molecule has 10 heteroatoms. The van der Waals surface area contributed by atoms with Gasteiger partial charge in [0, 0.05) is 13.1 Å². The molecule has 1 N–H and O–H groups in total. The Bertz CT molecular complexity index is 787. The van der Waals surface area contributed by atoms with Gasteiger partial charge < -0.3 is 10.0 Å². The second-order valence-electron chi connectivity index (χ2n) is 6.19. The maximum absolute atomic E-state index is 13.2. The van der Waals surface area contributed by atoms with Gasteiger partial charge in [-0.15, -0.1) is 0 Å². The van der Waals surface area contributed by atoms with E-state index in [9.17, 15) is 32.3 Å². The number of halogens is 3. The summed E-state index contributed by atoms with van der Waals surface area (Å²) in [6, 6.07) is 5.91. The number of hydrogen-bond acceptors (Lipinski definition) is 4. The van der Waals surface area contributed by atoms with Crippen LogP contribution in [0.4, 0.5) is 13.2 Å². The van der Waals surface area contributed by atoms with Crippen LogP contribution in [0.2, 0.25) is 0 Å². The van der Waals surface area contributed by atoms with Gasteiger partial charge in [0.25, 0.3) is 11.8 Å². The van der Waals surface area contributed by atoms with Gasteiger partial charge in [0.2, 0.25) is 5.91 Å². The normalized spacial score (nSPS) is 22.7. The molecule has 0 saturated carbocycles. The van der Waals surface area contributed by atoms with Gasteiger partial charge in [-0.25, -0.2) is 0 Å². The topological polar surface area (TPSA) is 95.0 Å². The number of amides is 3. The second-order valence-corrected chi connectivity index (χ2v) is 6.19. The molecule has 7 nitrogen and oxygen atoms in total. The first-order chi connectivity index (χ1) is 12.1. The first kappa shape index (κ1) is 17.9. The van der Waals surface area contributed by atoms with E-state index in [-0.39, 0.29) is 11.1 Å². The van der Waals surface area contributed by atoms with Crippen LogP contribution in [0.5, 0.6) is 0 Å². The number of nitrogens with zero attached hydrogens (tertiary/aromatic N) is 2. The van der Waals surface area contributed by atoms with Crippen molar-refractivity contribution in [3.05, 3.63) is 35.4 Å². The Morgan fingerprint density at radius 2 is 1.65 bits per heavy atom. The summed E-state index contributed by atoms with van der Waals surface area (Å²) in [5, 5.41) is 9.01. The Hall–Kier alpha value is -2.91. The third-order valence-electron chi connectivity index (χ3n) is 4.75. The second kappa shape index (κ2) is 5.82. The lowest BCUT2D eigenvalue weighted by atomic mass is 9.86. The van der Waals surface area contributed by atoms with Crippen LogP contribution in [0, 0.1) is 5.41 Å². The molecule has 2 heterocycles.